The topological polar surface area (TPSA) is 58.4 Å². The van der Waals surface area contributed by atoms with Crippen LogP contribution in [0.4, 0.5) is 0 Å². The average Bonchev–Trinajstić information content (AvgIpc) is 2.85. The monoisotopic (exact) mass is 314 g/mol. The van der Waals surface area contributed by atoms with Crippen LogP contribution in [0.1, 0.15) is 19.7 Å². The Morgan fingerprint density at radius 3 is 2.76 bits per heavy atom. The highest BCUT2D eigenvalue weighted by atomic mass is 32.2. The van der Waals surface area contributed by atoms with Gasteiger partial charge in [0.05, 0.1) is 12.3 Å². The van der Waals surface area contributed by atoms with E-state index >= 15 is 0 Å². The lowest BCUT2D eigenvalue weighted by Crippen LogP contribution is -2.52. The summed E-state index contributed by atoms with van der Waals surface area (Å²) >= 11 is 0. The quantitative estimate of drug-likeness (QED) is 0.763. The molecule has 2 heterocycles. The molecule has 6 nitrogen and oxygen atoms in total. The summed E-state index contributed by atoms with van der Waals surface area (Å²) in [5.74, 6) is 1.36. The van der Waals surface area contributed by atoms with Gasteiger partial charge in [-0.2, -0.15) is 0 Å². The van der Waals surface area contributed by atoms with Gasteiger partial charge >= 0.3 is 0 Å². The predicted octanol–water partition coefficient (Wildman–Crippen LogP) is 0.454. The highest BCUT2D eigenvalue weighted by Gasteiger charge is 2.25. The van der Waals surface area contributed by atoms with E-state index in [1.807, 2.05) is 12.4 Å². The number of imidazole rings is 1. The summed E-state index contributed by atoms with van der Waals surface area (Å²) in [5, 5.41) is 0. The lowest BCUT2D eigenvalue weighted by molar-refractivity contribution is 0.0786. The van der Waals surface area contributed by atoms with Gasteiger partial charge in [0.15, 0.2) is 0 Å². The number of hydrogen-bond donors (Lipinski definition) is 0. The van der Waals surface area contributed by atoms with Crippen molar-refractivity contribution in [3.8, 4) is 0 Å². The van der Waals surface area contributed by atoms with Crippen molar-refractivity contribution < 1.29 is 8.42 Å². The lowest BCUT2D eigenvalue weighted by atomic mass is 10.2. The maximum absolute atomic E-state index is 11.3. The molecular weight excluding hydrogens is 288 g/mol. The molecule has 0 radical (unpaired) electrons. The van der Waals surface area contributed by atoms with Gasteiger partial charge in [0.25, 0.3) is 0 Å². The molecule has 1 aromatic heterocycles. The normalized spacial score (nSPS) is 21.8. The fraction of sp³-hybridized carbons (Fsp3) is 0.786. The maximum atomic E-state index is 11.3. The van der Waals surface area contributed by atoms with E-state index < -0.39 is 9.84 Å². The SMILES string of the molecule is CCn1ccnc1CN1CCN(CCS(C)(=O)=O)CC1C. The van der Waals surface area contributed by atoms with Gasteiger partial charge in [-0.15, -0.1) is 0 Å². The van der Waals surface area contributed by atoms with E-state index in [-0.39, 0.29) is 5.75 Å². The third kappa shape index (κ3) is 4.79. The third-order valence-electron chi connectivity index (χ3n) is 4.11. The van der Waals surface area contributed by atoms with Crippen LogP contribution in [0.5, 0.6) is 0 Å². The molecule has 1 saturated heterocycles. The van der Waals surface area contributed by atoms with Crippen molar-refractivity contribution in [1.82, 2.24) is 19.4 Å². The van der Waals surface area contributed by atoms with Crippen LogP contribution >= 0.6 is 0 Å². The highest BCUT2D eigenvalue weighted by molar-refractivity contribution is 7.90. The van der Waals surface area contributed by atoms with Crippen molar-refractivity contribution in [1.29, 1.82) is 0 Å². The summed E-state index contributed by atoms with van der Waals surface area (Å²) < 4.78 is 24.7. The molecule has 1 atom stereocenters. The highest BCUT2D eigenvalue weighted by Crippen LogP contribution is 2.13. The number of rotatable bonds is 6. The molecule has 0 bridgehead atoms. The van der Waals surface area contributed by atoms with E-state index in [0.717, 1.165) is 38.5 Å². The summed E-state index contributed by atoms with van der Waals surface area (Å²) in [7, 11) is -2.87. The fourth-order valence-electron chi connectivity index (χ4n) is 2.76. The second-order valence-corrected chi connectivity index (χ2v) is 8.14. The Morgan fingerprint density at radius 2 is 2.14 bits per heavy atom. The van der Waals surface area contributed by atoms with E-state index in [2.05, 4.69) is 33.2 Å². The van der Waals surface area contributed by atoms with Crippen LogP contribution in [0, 0.1) is 0 Å². The third-order valence-corrected chi connectivity index (χ3v) is 5.04. The lowest BCUT2D eigenvalue weighted by Gasteiger charge is -2.39. The van der Waals surface area contributed by atoms with Crippen LogP contribution in [0.15, 0.2) is 12.4 Å². The molecule has 120 valence electrons. The van der Waals surface area contributed by atoms with Crippen LogP contribution in [0.25, 0.3) is 0 Å². The van der Waals surface area contributed by atoms with E-state index in [0.29, 0.717) is 12.6 Å². The van der Waals surface area contributed by atoms with Crippen LogP contribution in [-0.2, 0) is 22.9 Å². The second-order valence-electron chi connectivity index (χ2n) is 5.88. The molecule has 0 saturated carbocycles. The summed E-state index contributed by atoms with van der Waals surface area (Å²) in [6.45, 7) is 9.57. The van der Waals surface area contributed by atoms with Gasteiger partial charge in [-0.1, -0.05) is 0 Å². The van der Waals surface area contributed by atoms with Crippen LogP contribution in [0.3, 0.4) is 0 Å². The summed E-state index contributed by atoms with van der Waals surface area (Å²) in [6.07, 6.45) is 5.17. The molecular formula is C14H26N4O2S. The van der Waals surface area contributed by atoms with E-state index in [1.54, 1.807) is 0 Å². The largest absolute Gasteiger partial charge is 0.334 e. The standard InChI is InChI=1S/C14H26N4O2S/c1-4-17-6-5-15-14(17)12-18-8-7-16(11-13(18)2)9-10-21(3,19)20/h5-6,13H,4,7-12H2,1-3H3. The van der Waals surface area contributed by atoms with E-state index in [4.69, 9.17) is 0 Å². The van der Waals surface area contributed by atoms with E-state index in [9.17, 15) is 8.42 Å². The second kappa shape index (κ2) is 6.89. The number of hydrogen-bond acceptors (Lipinski definition) is 5. The van der Waals surface area contributed by atoms with Crippen molar-refractivity contribution in [3.63, 3.8) is 0 Å². The van der Waals surface area contributed by atoms with Gasteiger partial charge in [0.2, 0.25) is 0 Å². The van der Waals surface area contributed by atoms with Gasteiger partial charge in [0, 0.05) is 57.4 Å². The number of nitrogens with zero attached hydrogens (tertiary/aromatic N) is 4. The summed E-state index contributed by atoms with van der Waals surface area (Å²) in [6, 6.07) is 0.417. The minimum atomic E-state index is -2.87. The molecule has 0 aliphatic carbocycles. The Bertz CT molecular complexity index is 555. The van der Waals surface area contributed by atoms with Crippen LogP contribution in [0.2, 0.25) is 0 Å². The first-order valence-electron chi connectivity index (χ1n) is 7.53. The molecule has 1 aromatic rings. The first-order chi connectivity index (χ1) is 9.89. The Kier molecular flexibility index (Phi) is 5.40. The molecule has 1 fully saturated rings. The Balaban J connectivity index is 1.86. The van der Waals surface area contributed by atoms with Gasteiger partial charge < -0.3 is 4.57 Å². The van der Waals surface area contributed by atoms with Crippen molar-refractivity contribution in [3.05, 3.63) is 18.2 Å². The molecule has 1 aliphatic heterocycles. The average molecular weight is 314 g/mol. The first kappa shape index (κ1) is 16.5. The van der Waals surface area contributed by atoms with Crippen molar-refractivity contribution in [2.24, 2.45) is 0 Å². The first-order valence-corrected chi connectivity index (χ1v) is 9.59. The number of piperazine rings is 1. The molecule has 0 aromatic carbocycles. The molecule has 1 aliphatic rings. The fourth-order valence-corrected chi connectivity index (χ4v) is 3.35. The molecule has 2 rings (SSSR count). The number of aryl methyl sites for hydroxylation is 1. The maximum Gasteiger partial charge on any atom is 0.148 e. The minimum absolute atomic E-state index is 0.250. The van der Waals surface area contributed by atoms with E-state index in [1.165, 1.54) is 6.26 Å². The van der Waals surface area contributed by atoms with Crippen LogP contribution < -0.4 is 0 Å². The van der Waals surface area contributed by atoms with Crippen molar-refractivity contribution in [2.45, 2.75) is 33.0 Å². The predicted molar refractivity (Wildman–Crippen MR) is 83.9 cm³/mol. The molecule has 21 heavy (non-hydrogen) atoms. The van der Waals surface area contributed by atoms with Gasteiger partial charge in [-0.3, -0.25) is 9.80 Å². The Labute approximate surface area is 127 Å². The van der Waals surface area contributed by atoms with Gasteiger partial charge in [-0.25, -0.2) is 13.4 Å². The zero-order chi connectivity index (χ0) is 15.5. The van der Waals surface area contributed by atoms with Crippen molar-refractivity contribution in [2.75, 3.05) is 38.2 Å². The van der Waals surface area contributed by atoms with Gasteiger partial charge in [0.1, 0.15) is 15.7 Å². The molecule has 0 N–H and O–H groups in total. The molecule has 7 heteroatoms. The zero-order valence-electron chi connectivity index (χ0n) is 13.2. The van der Waals surface area contributed by atoms with Crippen LogP contribution in [-0.4, -0.2) is 72.0 Å². The Morgan fingerprint density at radius 1 is 1.38 bits per heavy atom. The molecule has 1 unspecified atom stereocenters. The summed E-state index contributed by atoms with van der Waals surface area (Å²) in [5.41, 5.74) is 0. The molecule has 0 amide bonds. The smallest absolute Gasteiger partial charge is 0.148 e. The Hall–Kier alpha value is -0.920. The summed E-state index contributed by atoms with van der Waals surface area (Å²) in [4.78, 5) is 9.10. The van der Waals surface area contributed by atoms with Gasteiger partial charge in [-0.05, 0) is 13.8 Å². The minimum Gasteiger partial charge on any atom is -0.334 e. The number of sulfone groups is 1. The zero-order valence-corrected chi connectivity index (χ0v) is 14.0. The van der Waals surface area contributed by atoms with Crippen molar-refractivity contribution >= 4 is 9.84 Å². The molecule has 0 spiro atoms. The number of aromatic nitrogens is 2.